The highest BCUT2D eigenvalue weighted by Gasteiger charge is 2.13. The van der Waals surface area contributed by atoms with Crippen molar-refractivity contribution in [2.45, 2.75) is 38.8 Å². The molecule has 1 N–H and O–H groups in total. The van der Waals surface area contributed by atoms with E-state index in [9.17, 15) is 4.39 Å². The lowest BCUT2D eigenvalue weighted by Gasteiger charge is -2.29. The standard InChI is InChI=1S/C19H25FN2O/c1-15(14-22-11-3-2-4-12-22)21-13-18-9-10-19(23-18)16-5-7-17(20)8-6-16/h5-10,15,21H,2-4,11-14H2,1H3. The van der Waals surface area contributed by atoms with E-state index in [1.54, 1.807) is 12.1 Å². The predicted octanol–water partition coefficient (Wildman–Crippen LogP) is 4.05. The van der Waals surface area contributed by atoms with Gasteiger partial charge < -0.3 is 14.6 Å². The van der Waals surface area contributed by atoms with Gasteiger partial charge in [0.05, 0.1) is 6.54 Å². The van der Waals surface area contributed by atoms with Crippen LogP contribution in [-0.4, -0.2) is 30.6 Å². The number of benzene rings is 1. The van der Waals surface area contributed by atoms with Crippen LogP contribution in [0, 0.1) is 5.82 Å². The largest absolute Gasteiger partial charge is 0.460 e. The maximum Gasteiger partial charge on any atom is 0.134 e. The molecule has 0 aliphatic carbocycles. The third-order valence-electron chi connectivity index (χ3n) is 4.40. The molecule has 1 atom stereocenters. The van der Waals surface area contributed by atoms with Gasteiger partial charge in [-0.3, -0.25) is 0 Å². The fraction of sp³-hybridized carbons (Fsp3) is 0.474. The molecule has 124 valence electrons. The van der Waals surface area contributed by atoms with E-state index < -0.39 is 0 Å². The van der Waals surface area contributed by atoms with E-state index in [1.165, 1.54) is 44.5 Å². The van der Waals surface area contributed by atoms with Gasteiger partial charge in [0.25, 0.3) is 0 Å². The molecule has 0 spiro atoms. The molecule has 1 fully saturated rings. The lowest BCUT2D eigenvalue weighted by molar-refractivity contribution is 0.208. The number of nitrogens with zero attached hydrogens (tertiary/aromatic N) is 1. The summed E-state index contributed by atoms with van der Waals surface area (Å²) in [5, 5.41) is 3.52. The van der Waals surface area contributed by atoms with E-state index in [0.29, 0.717) is 6.04 Å². The summed E-state index contributed by atoms with van der Waals surface area (Å²) < 4.78 is 18.8. The molecule has 0 amide bonds. The minimum Gasteiger partial charge on any atom is -0.460 e. The van der Waals surface area contributed by atoms with Gasteiger partial charge in [-0.15, -0.1) is 0 Å². The summed E-state index contributed by atoms with van der Waals surface area (Å²) in [6, 6.07) is 10.8. The van der Waals surface area contributed by atoms with E-state index in [-0.39, 0.29) is 5.82 Å². The van der Waals surface area contributed by atoms with Crippen LogP contribution in [0.1, 0.15) is 31.9 Å². The first-order chi connectivity index (χ1) is 11.2. The van der Waals surface area contributed by atoms with Crippen LogP contribution >= 0.6 is 0 Å². The van der Waals surface area contributed by atoms with Gasteiger partial charge in [-0.05, 0) is 69.3 Å². The van der Waals surface area contributed by atoms with Crippen LogP contribution in [0.2, 0.25) is 0 Å². The highest BCUT2D eigenvalue weighted by molar-refractivity contribution is 5.57. The highest BCUT2D eigenvalue weighted by atomic mass is 19.1. The number of furan rings is 1. The molecular formula is C19H25FN2O. The first-order valence-corrected chi connectivity index (χ1v) is 8.51. The number of nitrogens with one attached hydrogen (secondary N) is 1. The zero-order valence-electron chi connectivity index (χ0n) is 13.7. The molecule has 1 aromatic heterocycles. The summed E-state index contributed by atoms with van der Waals surface area (Å²) in [6.45, 7) is 6.48. The van der Waals surface area contributed by atoms with Crippen LogP contribution in [0.3, 0.4) is 0 Å². The maximum atomic E-state index is 13.0. The highest BCUT2D eigenvalue weighted by Crippen LogP contribution is 2.22. The lowest BCUT2D eigenvalue weighted by Crippen LogP contribution is -2.41. The van der Waals surface area contributed by atoms with Crippen LogP contribution in [0.25, 0.3) is 11.3 Å². The van der Waals surface area contributed by atoms with Crippen molar-refractivity contribution < 1.29 is 8.81 Å². The van der Waals surface area contributed by atoms with Gasteiger partial charge in [-0.1, -0.05) is 6.42 Å². The van der Waals surface area contributed by atoms with Crippen LogP contribution in [0.5, 0.6) is 0 Å². The Bertz CT molecular complexity index is 602. The average Bonchev–Trinajstić information content (AvgIpc) is 3.04. The van der Waals surface area contributed by atoms with Crippen molar-refractivity contribution in [3.05, 3.63) is 48.0 Å². The van der Waals surface area contributed by atoms with Crippen molar-refractivity contribution in [1.82, 2.24) is 10.2 Å². The molecule has 0 saturated carbocycles. The lowest BCUT2D eigenvalue weighted by atomic mass is 10.1. The summed E-state index contributed by atoms with van der Waals surface area (Å²) in [6.07, 6.45) is 4.02. The molecule has 2 heterocycles. The summed E-state index contributed by atoms with van der Waals surface area (Å²) in [5.41, 5.74) is 0.902. The second-order valence-corrected chi connectivity index (χ2v) is 6.42. The Labute approximate surface area is 137 Å². The topological polar surface area (TPSA) is 28.4 Å². The fourth-order valence-corrected chi connectivity index (χ4v) is 3.11. The van der Waals surface area contributed by atoms with E-state index >= 15 is 0 Å². The average molecular weight is 316 g/mol. The second-order valence-electron chi connectivity index (χ2n) is 6.42. The van der Waals surface area contributed by atoms with Crippen LogP contribution in [-0.2, 0) is 6.54 Å². The molecular weight excluding hydrogens is 291 g/mol. The number of piperidine rings is 1. The van der Waals surface area contributed by atoms with Gasteiger partial charge in [0, 0.05) is 18.2 Å². The van der Waals surface area contributed by atoms with Crippen molar-refractivity contribution in [2.24, 2.45) is 0 Å². The molecule has 1 aliphatic heterocycles. The van der Waals surface area contributed by atoms with E-state index in [2.05, 4.69) is 17.1 Å². The smallest absolute Gasteiger partial charge is 0.134 e. The Morgan fingerprint density at radius 2 is 1.83 bits per heavy atom. The van der Waals surface area contributed by atoms with Crippen molar-refractivity contribution in [3.8, 4) is 11.3 Å². The van der Waals surface area contributed by atoms with Gasteiger partial charge in [-0.25, -0.2) is 4.39 Å². The van der Waals surface area contributed by atoms with E-state index in [0.717, 1.165) is 30.2 Å². The van der Waals surface area contributed by atoms with E-state index in [4.69, 9.17) is 4.42 Å². The van der Waals surface area contributed by atoms with Crippen molar-refractivity contribution in [3.63, 3.8) is 0 Å². The van der Waals surface area contributed by atoms with Crippen LogP contribution in [0.4, 0.5) is 4.39 Å². The van der Waals surface area contributed by atoms with Gasteiger partial charge in [0.2, 0.25) is 0 Å². The number of halogens is 1. The summed E-state index contributed by atoms with van der Waals surface area (Å²) in [7, 11) is 0. The molecule has 1 aromatic carbocycles. The van der Waals surface area contributed by atoms with Crippen LogP contribution < -0.4 is 5.32 Å². The first-order valence-electron chi connectivity index (χ1n) is 8.51. The molecule has 0 radical (unpaired) electrons. The number of hydrogen-bond acceptors (Lipinski definition) is 3. The van der Waals surface area contributed by atoms with Crippen molar-refractivity contribution in [2.75, 3.05) is 19.6 Å². The normalized spacial score (nSPS) is 17.3. The van der Waals surface area contributed by atoms with Gasteiger partial charge in [-0.2, -0.15) is 0 Å². The Hall–Kier alpha value is -1.65. The summed E-state index contributed by atoms with van der Waals surface area (Å²) in [5.74, 6) is 1.47. The monoisotopic (exact) mass is 316 g/mol. The molecule has 4 heteroatoms. The van der Waals surface area contributed by atoms with Gasteiger partial charge in [0.1, 0.15) is 17.3 Å². The Morgan fingerprint density at radius 3 is 2.57 bits per heavy atom. The summed E-state index contributed by atoms with van der Waals surface area (Å²) in [4.78, 5) is 2.53. The molecule has 1 saturated heterocycles. The second kappa shape index (κ2) is 7.75. The number of likely N-dealkylation sites (tertiary alicyclic amines) is 1. The van der Waals surface area contributed by atoms with Crippen LogP contribution in [0.15, 0.2) is 40.8 Å². The van der Waals surface area contributed by atoms with Crippen molar-refractivity contribution >= 4 is 0 Å². The van der Waals surface area contributed by atoms with Gasteiger partial charge in [0.15, 0.2) is 0 Å². The SMILES string of the molecule is CC(CN1CCCCC1)NCc1ccc(-c2ccc(F)cc2)o1. The molecule has 0 bridgehead atoms. The van der Waals surface area contributed by atoms with Crippen molar-refractivity contribution in [1.29, 1.82) is 0 Å². The third-order valence-corrected chi connectivity index (χ3v) is 4.40. The zero-order valence-corrected chi connectivity index (χ0v) is 13.7. The summed E-state index contributed by atoms with van der Waals surface area (Å²) >= 11 is 0. The predicted molar refractivity (Wildman–Crippen MR) is 90.7 cm³/mol. The maximum absolute atomic E-state index is 13.0. The Morgan fingerprint density at radius 1 is 1.09 bits per heavy atom. The molecule has 3 rings (SSSR count). The van der Waals surface area contributed by atoms with Gasteiger partial charge >= 0.3 is 0 Å². The Balaban J connectivity index is 1.49. The minimum atomic E-state index is -0.228. The quantitative estimate of drug-likeness (QED) is 0.871. The molecule has 23 heavy (non-hydrogen) atoms. The number of hydrogen-bond donors (Lipinski definition) is 1. The minimum absolute atomic E-state index is 0.228. The molecule has 1 unspecified atom stereocenters. The zero-order chi connectivity index (χ0) is 16.1. The first kappa shape index (κ1) is 16.2. The molecule has 2 aromatic rings. The number of rotatable bonds is 6. The Kier molecular flexibility index (Phi) is 5.47. The fourth-order valence-electron chi connectivity index (χ4n) is 3.11. The molecule has 3 nitrogen and oxygen atoms in total. The van der Waals surface area contributed by atoms with E-state index in [1.807, 2.05) is 12.1 Å². The third kappa shape index (κ3) is 4.66. The molecule has 1 aliphatic rings.